The Morgan fingerprint density at radius 1 is 1.07 bits per heavy atom. The van der Waals surface area contributed by atoms with E-state index in [2.05, 4.69) is 23.3 Å². The lowest BCUT2D eigenvalue weighted by molar-refractivity contribution is 1.35. The summed E-state index contributed by atoms with van der Waals surface area (Å²) in [4.78, 5) is 5.00. The normalized spacial score (nSPS) is 8.33. The number of nitrogens with zero attached hydrogens (tertiary/aromatic N) is 1. The molecule has 2 nitrogen and oxygen atoms in total. The average Bonchev–Trinajstić information content (AvgIpc) is 2.34. The van der Waals surface area contributed by atoms with E-state index in [9.17, 15) is 0 Å². The highest BCUT2D eigenvalue weighted by Crippen LogP contribution is 2.15. The Hall–Kier alpha value is -1.06. The predicted octanol–water partition coefficient (Wildman–Crippen LogP) is 3.12. The highest BCUT2D eigenvalue weighted by atomic mass is 32.1. The Morgan fingerprint density at radius 2 is 1.73 bits per heavy atom. The summed E-state index contributed by atoms with van der Waals surface area (Å²) in [6, 6.07) is 8.01. The molecular formula is C12H18N2S. The molecule has 0 aliphatic heterocycles. The van der Waals surface area contributed by atoms with Gasteiger partial charge in [0.25, 0.3) is 0 Å². The molecule has 1 aromatic heterocycles. The quantitative estimate of drug-likeness (QED) is 0.672. The summed E-state index contributed by atoms with van der Waals surface area (Å²) in [5.41, 5.74) is 4.50. The maximum absolute atomic E-state index is 4.50. The second kappa shape index (κ2) is 8.26. The van der Waals surface area contributed by atoms with Gasteiger partial charge in [-0.2, -0.15) is 0 Å². The van der Waals surface area contributed by atoms with E-state index in [1.807, 2.05) is 44.3 Å². The lowest BCUT2D eigenvalue weighted by Gasteiger charge is -1.95. The van der Waals surface area contributed by atoms with Crippen molar-refractivity contribution in [1.82, 2.24) is 4.98 Å². The first-order valence-electron chi connectivity index (χ1n) is 4.97. The summed E-state index contributed by atoms with van der Waals surface area (Å²) in [5, 5.41) is 2.35. The topological polar surface area (TPSA) is 38.9 Å². The van der Waals surface area contributed by atoms with Crippen molar-refractivity contribution in [2.45, 2.75) is 18.7 Å². The van der Waals surface area contributed by atoms with E-state index in [1.165, 1.54) is 12.4 Å². The number of thiol groups is 1. The summed E-state index contributed by atoms with van der Waals surface area (Å²) < 4.78 is 0. The van der Waals surface area contributed by atoms with Crippen molar-refractivity contribution in [2.75, 3.05) is 7.05 Å². The first-order chi connectivity index (χ1) is 7.36. The molecule has 0 spiro atoms. The van der Waals surface area contributed by atoms with Crippen LogP contribution < -0.4 is 5.73 Å². The van der Waals surface area contributed by atoms with E-state index in [1.54, 1.807) is 6.20 Å². The van der Waals surface area contributed by atoms with Gasteiger partial charge in [-0.05, 0) is 30.6 Å². The number of rotatable bonds is 0. The van der Waals surface area contributed by atoms with Gasteiger partial charge >= 0.3 is 0 Å². The largest absolute Gasteiger partial charge is 0.333 e. The molecule has 0 atom stereocenters. The van der Waals surface area contributed by atoms with Crippen LogP contribution in [0, 0.1) is 0 Å². The molecule has 15 heavy (non-hydrogen) atoms. The van der Waals surface area contributed by atoms with E-state index in [4.69, 9.17) is 0 Å². The second-order valence-electron chi connectivity index (χ2n) is 2.41. The summed E-state index contributed by atoms with van der Waals surface area (Å²) >= 11 is 4.23. The molecule has 2 N–H and O–H groups in total. The highest BCUT2D eigenvalue weighted by Gasteiger charge is 1.90. The lowest BCUT2D eigenvalue weighted by atomic mass is 10.2. The molecule has 0 radical (unpaired) electrons. The molecule has 2 aromatic rings. The molecule has 0 saturated heterocycles. The molecule has 82 valence electrons. The van der Waals surface area contributed by atoms with E-state index in [0.717, 1.165) is 10.3 Å². The third kappa shape index (κ3) is 4.32. The Kier molecular flexibility index (Phi) is 7.68. The third-order valence-electron chi connectivity index (χ3n) is 1.62. The van der Waals surface area contributed by atoms with Crippen LogP contribution in [-0.2, 0) is 0 Å². The van der Waals surface area contributed by atoms with Crippen LogP contribution in [0.25, 0.3) is 10.8 Å². The van der Waals surface area contributed by atoms with E-state index < -0.39 is 0 Å². The molecule has 0 fully saturated rings. The van der Waals surface area contributed by atoms with Crippen molar-refractivity contribution in [2.24, 2.45) is 5.73 Å². The smallest absolute Gasteiger partial charge is 0.0346 e. The van der Waals surface area contributed by atoms with Gasteiger partial charge in [0.15, 0.2) is 0 Å². The fraction of sp³-hybridized carbons (Fsp3) is 0.250. The maximum Gasteiger partial charge on any atom is 0.0346 e. The Labute approximate surface area is 96.9 Å². The Balaban J connectivity index is 0.000000442. The van der Waals surface area contributed by atoms with Gasteiger partial charge in [0, 0.05) is 22.7 Å². The Morgan fingerprint density at radius 3 is 2.40 bits per heavy atom. The number of hydrogen-bond donors (Lipinski definition) is 2. The van der Waals surface area contributed by atoms with Crippen LogP contribution in [-0.4, -0.2) is 12.0 Å². The van der Waals surface area contributed by atoms with Crippen molar-refractivity contribution in [3.05, 3.63) is 36.7 Å². The highest BCUT2D eigenvalue weighted by molar-refractivity contribution is 7.80. The molecule has 0 aliphatic rings. The minimum absolute atomic E-state index is 0.977. The monoisotopic (exact) mass is 222 g/mol. The Bertz CT molecular complexity index is 388. The van der Waals surface area contributed by atoms with E-state index in [-0.39, 0.29) is 0 Å². The van der Waals surface area contributed by atoms with Crippen molar-refractivity contribution in [1.29, 1.82) is 0 Å². The van der Waals surface area contributed by atoms with Gasteiger partial charge in [-0.15, -0.1) is 12.6 Å². The van der Waals surface area contributed by atoms with Crippen LogP contribution in [0.1, 0.15) is 13.8 Å². The van der Waals surface area contributed by atoms with Gasteiger partial charge in [0.2, 0.25) is 0 Å². The fourth-order valence-corrected chi connectivity index (χ4v) is 1.29. The summed E-state index contributed by atoms with van der Waals surface area (Å²) in [6.07, 6.45) is 3.63. The van der Waals surface area contributed by atoms with Gasteiger partial charge in [-0.3, -0.25) is 4.98 Å². The summed E-state index contributed by atoms with van der Waals surface area (Å²) in [6.45, 7) is 4.00. The molecule has 0 unspecified atom stereocenters. The molecule has 0 amide bonds. The molecule has 2 rings (SSSR count). The molecule has 0 aliphatic carbocycles. The van der Waals surface area contributed by atoms with Crippen LogP contribution in [0.3, 0.4) is 0 Å². The van der Waals surface area contributed by atoms with Gasteiger partial charge < -0.3 is 5.73 Å². The first kappa shape index (κ1) is 13.9. The summed E-state index contributed by atoms with van der Waals surface area (Å²) in [5.74, 6) is 0. The maximum atomic E-state index is 4.50. The molecule has 0 bridgehead atoms. The predicted molar refractivity (Wildman–Crippen MR) is 70.5 cm³/mol. The zero-order valence-corrected chi connectivity index (χ0v) is 10.3. The van der Waals surface area contributed by atoms with Crippen molar-refractivity contribution >= 4 is 23.4 Å². The number of aromatic nitrogens is 1. The van der Waals surface area contributed by atoms with Crippen molar-refractivity contribution < 1.29 is 0 Å². The van der Waals surface area contributed by atoms with Gasteiger partial charge in [0.05, 0.1) is 0 Å². The summed E-state index contributed by atoms with van der Waals surface area (Å²) in [7, 11) is 1.50. The average molecular weight is 222 g/mol. The van der Waals surface area contributed by atoms with Crippen LogP contribution >= 0.6 is 12.6 Å². The zero-order valence-electron chi connectivity index (χ0n) is 9.44. The van der Waals surface area contributed by atoms with Crippen LogP contribution in [0.4, 0.5) is 0 Å². The van der Waals surface area contributed by atoms with E-state index >= 15 is 0 Å². The first-order valence-corrected chi connectivity index (χ1v) is 5.41. The van der Waals surface area contributed by atoms with Crippen molar-refractivity contribution in [3.8, 4) is 0 Å². The van der Waals surface area contributed by atoms with Gasteiger partial charge in [0.1, 0.15) is 0 Å². The van der Waals surface area contributed by atoms with Crippen LogP contribution in [0.2, 0.25) is 0 Å². The SMILES string of the molecule is CC.CN.Sc1ccc2ccncc2c1. The number of pyridine rings is 1. The van der Waals surface area contributed by atoms with Crippen LogP contribution in [0.5, 0.6) is 0 Å². The number of hydrogen-bond acceptors (Lipinski definition) is 3. The minimum Gasteiger partial charge on any atom is -0.333 e. The number of fused-ring (bicyclic) bond motifs is 1. The van der Waals surface area contributed by atoms with Crippen LogP contribution in [0.15, 0.2) is 41.6 Å². The minimum atomic E-state index is 0.977. The molecule has 1 heterocycles. The molecule has 3 heteroatoms. The fourth-order valence-electron chi connectivity index (χ4n) is 1.07. The van der Waals surface area contributed by atoms with Crippen molar-refractivity contribution in [3.63, 3.8) is 0 Å². The van der Waals surface area contributed by atoms with E-state index in [0.29, 0.717) is 0 Å². The standard InChI is InChI=1S/C9H7NS.C2H6.CH5N/c11-9-2-1-7-3-4-10-6-8(7)5-9;2*1-2/h1-6,11H;1-2H3;2H2,1H3. The van der Waals surface area contributed by atoms with Gasteiger partial charge in [-0.1, -0.05) is 19.9 Å². The molecule has 1 aromatic carbocycles. The number of nitrogens with two attached hydrogens (primary N) is 1. The zero-order chi connectivity index (χ0) is 11.7. The number of benzene rings is 1. The lowest BCUT2D eigenvalue weighted by Crippen LogP contribution is -1.74. The molecule has 0 saturated carbocycles. The van der Waals surface area contributed by atoms with Gasteiger partial charge in [-0.25, -0.2) is 0 Å². The third-order valence-corrected chi connectivity index (χ3v) is 1.90. The molecular weight excluding hydrogens is 204 g/mol. The second-order valence-corrected chi connectivity index (χ2v) is 2.92.